The number of alkyl halides is 3. The molecule has 15 heteroatoms. The Balaban J connectivity index is 1.54. The van der Waals surface area contributed by atoms with Gasteiger partial charge < -0.3 is 15.7 Å². The van der Waals surface area contributed by atoms with E-state index in [9.17, 15) is 31.5 Å². The SMILES string of the molecule is CC(C)(O)CNc1nc(CNC(=O)C2CCCN2S(=O)(=O)c2ccc(Cl)s2)cc(-c2ccc(C(F)(F)F)cc2)n1. The first kappa shape index (κ1) is 30.2. The molecule has 1 aliphatic rings. The van der Waals surface area contributed by atoms with Crippen LogP contribution in [-0.4, -0.2) is 58.4 Å². The summed E-state index contributed by atoms with van der Waals surface area (Å²) in [6.45, 7) is 3.32. The lowest BCUT2D eigenvalue weighted by Crippen LogP contribution is -2.45. The number of amides is 1. The molecule has 0 aliphatic carbocycles. The topological polar surface area (TPSA) is 125 Å². The summed E-state index contributed by atoms with van der Waals surface area (Å²) in [6.07, 6.45) is -3.65. The molecule has 2 aromatic heterocycles. The van der Waals surface area contributed by atoms with Crippen LogP contribution in [-0.2, 0) is 27.5 Å². The van der Waals surface area contributed by atoms with Gasteiger partial charge in [0.25, 0.3) is 10.0 Å². The summed E-state index contributed by atoms with van der Waals surface area (Å²) < 4.78 is 66.8. The number of carbonyl (C=O) groups excluding carboxylic acids is 1. The summed E-state index contributed by atoms with van der Waals surface area (Å²) in [5, 5.41) is 15.7. The largest absolute Gasteiger partial charge is 0.416 e. The summed E-state index contributed by atoms with van der Waals surface area (Å²) in [4.78, 5) is 21.8. The molecule has 216 valence electrons. The number of benzene rings is 1. The molecule has 3 heterocycles. The van der Waals surface area contributed by atoms with Gasteiger partial charge in [-0.15, -0.1) is 11.3 Å². The molecule has 4 rings (SSSR count). The molecular formula is C25H27ClF3N5O4S2. The van der Waals surface area contributed by atoms with E-state index in [1.807, 2.05) is 0 Å². The molecule has 3 aromatic rings. The van der Waals surface area contributed by atoms with Crippen LogP contribution < -0.4 is 10.6 Å². The van der Waals surface area contributed by atoms with Crippen molar-refractivity contribution in [2.45, 2.75) is 55.3 Å². The highest BCUT2D eigenvalue weighted by Gasteiger charge is 2.40. The van der Waals surface area contributed by atoms with Crippen molar-refractivity contribution in [3.05, 3.63) is 58.1 Å². The zero-order valence-electron chi connectivity index (χ0n) is 21.5. The van der Waals surface area contributed by atoms with Gasteiger partial charge in [-0.2, -0.15) is 17.5 Å². The molecule has 1 aromatic carbocycles. The predicted molar refractivity (Wildman–Crippen MR) is 145 cm³/mol. The van der Waals surface area contributed by atoms with Crippen molar-refractivity contribution in [3.8, 4) is 11.3 Å². The Bertz CT molecular complexity index is 1470. The molecule has 1 saturated heterocycles. The zero-order valence-corrected chi connectivity index (χ0v) is 23.9. The van der Waals surface area contributed by atoms with Crippen LogP contribution in [0.15, 0.2) is 46.7 Å². The first-order chi connectivity index (χ1) is 18.6. The molecular weight excluding hydrogens is 591 g/mol. The Labute approximate surface area is 238 Å². The van der Waals surface area contributed by atoms with Crippen LogP contribution in [0.1, 0.15) is 37.9 Å². The Morgan fingerprint density at radius 1 is 1.18 bits per heavy atom. The van der Waals surface area contributed by atoms with Crippen LogP contribution in [0.3, 0.4) is 0 Å². The summed E-state index contributed by atoms with van der Waals surface area (Å²) in [6, 6.07) is 7.94. The van der Waals surface area contributed by atoms with E-state index in [0.717, 1.165) is 27.8 Å². The fraction of sp³-hybridized carbons (Fsp3) is 0.400. The number of nitrogens with one attached hydrogen (secondary N) is 2. The van der Waals surface area contributed by atoms with E-state index < -0.39 is 39.3 Å². The fourth-order valence-corrected chi connectivity index (χ4v) is 7.35. The lowest BCUT2D eigenvalue weighted by atomic mass is 10.1. The molecule has 9 nitrogen and oxygen atoms in total. The second kappa shape index (κ2) is 11.6. The third kappa shape index (κ3) is 7.29. The molecule has 3 N–H and O–H groups in total. The lowest BCUT2D eigenvalue weighted by molar-refractivity contribution is -0.137. The normalized spacial score (nSPS) is 16.7. The maximum atomic E-state index is 13.1. The predicted octanol–water partition coefficient (Wildman–Crippen LogP) is 4.53. The number of aromatic nitrogens is 2. The van der Waals surface area contributed by atoms with E-state index in [-0.39, 0.29) is 29.8 Å². The smallest absolute Gasteiger partial charge is 0.389 e. The Morgan fingerprint density at radius 2 is 1.88 bits per heavy atom. The molecule has 0 bridgehead atoms. The number of rotatable bonds is 9. The van der Waals surface area contributed by atoms with Crippen LogP contribution in [0.2, 0.25) is 4.34 Å². The third-order valence-electron chi connectivity index (χ3n) is 6.03. The molecule has 0 spiro atoms. The highest BCUT2D eigenvalue weighted by molar-refractivity contribution is 7.91. The number of thiophene rings is 1. The highest BCUT2D eigenvalue weighted by atomic mass is 35.5. The van der Waals surface area contributed by atoms with Crippen molar-refractivity contribution in [1.82, 2.24) is 19.6 Å². The van der Waals surface area contributed by atoms with Crippen LogP contribution in [0.5, 0.6) is 0 Å². The number of anilines is 1. The summed E-state index contributed by atoms with van der Waals surface area (Å²) >= 11 is 6.82. The van der Waals surface area contributed by atoms with Crippen molar-refractivity contribution in [3.63, 3.8) is 0 Å². The zero-order chi connectivity index (χ0) is 29.3. The van der Waals surface area contributed by atoms with Gasteiger partial charge in [-0.3, -0.25) is 4.79 Å². The number of hydrogen-bond donors (Lipinski definition) is 3. The molecule has 1 unspecified atom stereocenters. The van der Waals surface area contributed by atoms with E-state index in [4.69, 9.17) is 11.6 Å². The van der Waals surface area contributed by atoms with Gasteiger partial charge in [0.2, 0.25) is 11.9 Å². The van der Waals surface area contributed by atoms with Crippen LogP contribution in [0.25, 0.3) is 11.3 Å². The van der Waals surface area contributed by atoms with Gasteiger partial charge in [-0.05, 0) is 57.0 Å². The molecule has 1 atom stereocenters. The minimum absolute atomic E-state index is 0.0525. The van der Waals surface area contributed by atoms with Crippen molar-refractivity contribution in [2.75, 3.05) is 18.4 Å². The van der Waals surface area contributed by atoms with E-state index in [2.05, 4.69) is 20.6 Å². The minimum Gasteiger partial charge on any atom is -0.389 e. The number of aliphatic hydroxyl groups is 1. The Morgan fingerprint density at radius 3 is 2.48 bits per heavy atom. The first-order valence-corrected chi connectivity index (χ1v) is 14.8. The third-order valence-corrected chi connectivity index (χ3v) is 9.63. The molecule has 0 radical (unpaired) electrons. The molecule has 1 fully saturated rings. The van der Waals surface area contributed by atoms with Crippen LogP contribution in [0, 0.1) is 0 Å². The second-order valence-corrected chi connectivity index (χ2v) is 13.7. The maximum absolute atomic E-state index is 13.1. The van der Waals surface area contributed by atoms with Gasteiger partial charge in [0, 0.05) is 18.7 Å². The summed E-state index contributed by atoms with van der Waals surface area (Å²) in [5.74, 6) is -0.409. The average molecular weight is 618 g/mol. The second-order valence-electron chi connectivity index (χ2n) is 9.86. The number of carbonyl (C=O) groups is 1. The number of halogens is 4. The standard InChI is InChI=1S/C25H27ClF3N5O4S2/c1-24(2,36)14-31-23-32-17(12-18(33-23)15-5-7-16(8-6-15)25(27,28)29)13-30-22(35)19-4-3-11-34(19)40(37,38)21-10-9-20(26)39-21/h5-10,12,19,36H,3-4,11,13-14H2,1-2H3,(H,30,35)(H,31,32,33). The quantitative estimate of drug-likeness (QED) is 0.322. The van der Waals surface area contributed by atoms with E-state index in [1.165, 1.54) is 30.3 Å². The van der Waals surface area contributed by atoms with Crippen LogP contribution >= 0.6 is 22.9 Å². The average Bonchev–Trinajstić information content (AvgIpc) is 3.55. The first-order valence-electron chi connectivity index (χ1n) is 12.2. The lowest BCUT2D eigenvalue weighted by Gasteiger charge is -2.22. The number of hydrogen-bond acceptors (Lipinski definition) is 8. The summed E-state index contributed by atoms with van der Waals surface area (Å²) in [5.41, 5.74) is -0.900. The van der Waals surface area contributed by atoms with Crippen molar-refractivity contribution < 1.29 is 31.5 Å². The number of nitrogens with zero attached hydrogens (tertiary/aromatic N) is 3. The van der Waals surface area contributed by atoms with E-state index in [1.54, 1.807) is 13.8 Å². The van der Waals surface area contributed by atoms with Gasteiger partial charge in [0.1, 0.15) is 10.3 Å². The minimum atomic E-state index is -4.49. The molecule has 1 amide bonds. The monoisotopic (exact) mass is 617 g/mol. The van der Waals surface area contributed by atoms with Gasteiger partial charge in [-0.25, -0.2) is 18.4 Å². The van der Waals surface area contributed by atoms with E-state index in [0.29, 0.717) is 34.1 Å². The molecule has 40 heavy (non-hydrogen) atoms. The van der Waals surface area contributed by atoms with Crippen molar-refractivity contribution >= 4 is 44.8 Å². The van der Waals surface area contributed by atoms with E-state index >= 15 is 0 Å². The van der Waals surface area contributed by atoms with Crippen molar-refractivity contribution in [2.24, 2.45) is 0 Å². The molecule has 0 saturated carbocycles. The van der Waals surface area contributed by atoms with Gasteiger partial charge in [-0.1, -0.05) is 23.7 Å². The van der Waals surface area contributed by atoms with Crippen LogP contribution in [0.4, 0.5) is 19.1 Å². The summed E-state index contributed by atoms with van der Waals surface area (Å²) in [7, 11) is -3.91. The van der Waals surface area contributed by atoms with Crippen molar-refractivity contribution in [1.29, 1.82) is 0 Å². The maximum Gasteiger partial charge on any atom is 0.416 e. The highest BCUT2D eigenvalue weighted by Crippen LogP contribution is 2.33. The number of sulfonamides is 1. The fourth-order valence-electron chi connectivity index (χ4n) is 4.08. The Kier molecular flexibility index (Phi) is 8.76. The Hall–Kier alpha value is -2.78. The van der Waals surface area contributed by atoms with Gasteiger partial charge in [0.15, 0.2) is 0 Å². The molecule has 1 aliphatic heterocycles. The van der Waals surface area contributed by atoms with Gasteiger partial charge in [0.05, 0.1) is 33.4 Å². The van der Waals surface area contributed by atoms with Gasteiger partial charge >= 0.3 is 6.18 Å².